The lowest BCUT2D eigenvalue weighted by Crippen LogP contribution is -1.96. The number of hydrogen-bond donors (Lipinski definition) is 1. The van der Waals surface area contributed by atoms with Gasteiger partial charge >= 0.3 is 5.97 Å². The third kappa shape index (κ3) is 1.96. The van der Waals surface area contributed by atoms with Crippen molar-refractivity contribution in [3.63, 3.8) is 0 Å². The fourth-order valence-electron chi connectivity index (χ4n) is 2.29. The van der Waals surface area contributed by atoms with Crippen molar-refractivity contribution >= 4 is 28.5 Å². The lowest BCUT2D eigenvalue weighted by atomic mass is 10.0. The van der Waals surface area contributed by atoms with Gasteiger partial charge in [-0.2, -0.15) is 0 Å². The topological polar surface area (TPSA) is 50.4 Å². The van der Waals surface area contributed by atoms with Crippen molar-refractivity contribution < 1.29 is 14.3 Å². The number of benzene rings is 2. The minimum Gasteiger partial charge on any atom is -0.475 e. The maximum Gasteiger partial charge on any atom is 0.372 e. The van der Waals surface area contributed by atoms with E-state index in [0.29, 0.717) is 21.7 Å². The van der Waals surface area contributed by atoms with Gasteiger partial charge in [0.2, 0.25) is 5.76 Å². The molecule has 0 radical (unpaired) electrons. The second-order valence-corrected chi connectivity index (χ2v) is 5.00. The van der Waals surface area contributed by atoms with Crippen LogP contribution in [0.15, 0.2) is 46.9 Å². The van der Waals surface area contributed by atoms with Crippen LogP contribution in [0.25, 0.3) is 22.1 Å². The van der Waals surface area contributed by atoms with Crippen molar-refractivity contribution in [1.82, 2.24) is 0 Å². The number of halogens is 1. The highest BCUT2D eigenvalue weighted by atomic mass is 35.5. The predicted octanol–water partition coefficient (Wildman–Crippen LogP) is 4.76. The van der Waals surface area contributed by atoms with E-state index < -0.39 is 5.97 Å². The smallest absolute Gasteiger partial charge is 0.372 e. The number of aryl methyl sites for hydroxylation is 1. The average molecular weight is 287 g/mol. The Morgan fingerprint density at radius 2 is 1.95 bits per heavy atom. The zero-order chi connectivity index (χ0) is 14.3. The summed E-state index contributed by atoms with van der Waals surface area (Å²) >= 11 is 6.20. The van der Waals surface area contributed by atoms with Gasteiger partial charge in [0, 0.05) is 21.5 Å². The molecule has 3 rings (SSSR count). The Morgan fingerprint density at radius 1 is 1.20 bits per heavy atom. The Balaban J connectivity index is 2.43. The van der Waals surface area contributed by atoms with Crippen LogP contribution < -0.4 is 0 Å². The number of hydrogen-bond acceptors (Lipinski definition) is 2. The minimum atomic E-state index is -1.10. The summed E-state index contributed by atoms with van der Waals surface area (Å²) < 4.78 is 5.47. The molecule has 1 aromatic heterocycles. The number of furan rings is 1. The van der Waals surface area contributed by atoms with Gasteiger partial charge < -0.3 is 9.52 Å². The molecule has 20 heavy (non-hydrogen) atoms. The number of rotatable bonds is 2. The summed E-state index contributed by atoms with van der Waals surface area (Å²) in [5.74, 6) is -1.19. The highest BCUT2D eigenvalue weighted by Crippen LogP contribution is 2.38. The van der Waals surface area contributed by atoms with Crippen molar-refractivity contribution in [3.05, 3.63) is 58.8 Å². The first-order chi connectivity index (χ1) is 9.58. The molecule has 0 aliphatic rings. The summed E-state index contributed by atoms with van der Waals surface area (Å²) in [6.45, 7) is 1.95. The van der Waals surface area contributed by atoms with Crippen LogP contribution in [0.3, 0.4) is 0 Å². The van der Waals surface area contributed by atoms with Crippen LogP contribution in [-0.2, 0) is 0 Å². The summed E-state index contributed by atoms with van der Waals surface area (Å²) in [6.07, 6.45) is 0. The molecule has 0 aliphatic carbocycles. The van der Waals surface area contributed by atoms with E-state index in [4.69, 9.17) is 16.0 Å². The largest absolute Gasteiger partial charge is 0.475 e. The van der Waals surface area contributed by atoms with Gasteiger partial charge in [0.25, 0.3) is 0 Å². The molecule has 3 nitrogen and oxygen atoms in total. The van der Waals surface area contributed by atoms with Gasteiger partial charge in [-0.3, -0.25) is 0 Å². The zero-order valence-electron chi connectivity index (χ0n) is 10.7. The number of aromatic carboxylic acids is 1. The monoisotopic (exact) mass is 286 g/mol. The molecule has 3 aromatic rings. The van der Waals surface area contributed by atoms with Gasteiger partial charge in [0.1, 0.15) is 5.58 Å². The minimum absolute atomic E-state index is 0.0845. The first-order valence-electron chi connectivity index (χ1n) is 6.09. The number of carboxylic acid groups (broad SMARTS) is 1. The van der Waals surface area contributed by atoms with E-state index in [0.717, 1.165) is 10.9 Å². The summed E-state index contributed by atoms with van der Waals surface area (Å²) in [5, 5.41) is 10.6. The van der Waals surface area contributed by atoms with Gasteiger partial charge in [-0.25, -0.2) is 4.79 Å². The van der Waals surface area contributed by atoms with Gasteiger partial charge in [0.05, 0.1) is 0 Å². The summed E-state index contributed by atoms with van der Waals surface area (Å²) in [6, 6.07) is 12.7. The van der Waals surface area contributed by atoms with Crippen LogP contribution in [0.4, 0.5) is 0 Å². The van der Waals surface area contributed by atoms with Crippen LogP contribution in [-0.4, -0.2) is 11.1 Å². The summed E-state index contributed by atoms with van der Waals surface area (Å²) in [5.41, 5.74) is 2.77. The highest BCUT2D eigenvalue weighted by molar-refractivity contribution is 6.34. The SMILES string of the molecule is Cc1ccc2oc(C(=O)O)c(-c3ccccc3Cl)c2c1. The highest BCUT2D eigenvalue weighted by Gasteiger charge is 2.22. The molecule has 1 N–H and O–H groups in total. The van der Waals surface area contributed by atoms with Gasteiger partial charge in [-0.05, 0) is 25.1 Å². The average Bonchev–Trinajstić information content (AvgIpc) is 2.78. The lowest BCUT2D eigenvalue weighted by molar-refractivity contribution is 0.0666. The second kappa shape index (κ2) is 4.69. The Bertz CT molecular complexity index is 818. The normalized spacial score (nSPS) is 10.9. The van der Waals surface area contributed by atoms with E-state index in [-0.39, 0.29) is 5.76 Å². The van der Waals surface area contributed by atoms with E-state index in [1.54, 1.807) is 24.3 Å². The molecule has 100 valence electrons. The van der Waals surface area contributed by atoms with Crippen molar-refractivity contribution in [3.8, 4) is 11.1 Å². The molecule has 4 heteroatoms. The molecule has 0 saturated heterocycles. The third-order valence-electron chi connectivity index (χ3n) is 3.18. The van der Waals surface area contributed by atoms with E-state index in [9.17, 15) is 9.90 Å². The predicted molar refractivity (Wildman–Crippen MR) is 78.4 cm³/mol. The molecule has 0 fully saturated rings. The molecule has 2 aromatic carbocycles. The molecule has 0 atom stereocenters. The quantitative estimate of drug-likeness (QED) is 0.739. The van der Waals surface area contributed by atoms with Crippen LogP contribution in [0, 0.1) is 6.92 Å². The Hall–Kier alpha value is -2.26. The van der Waals surface area contributed by atoms with Crippen molar-refractivity contribution in [2.24, 2.45) is 0 Å². The molecular weight excluding hydrogens is 276 g/mol. The maximum atomic E-state index is 11.4. The van der Waals surface area contributed by atoms with E-state index in [1.807, 2.05) is 25.1 Å². The molecule has 0 saturated carbocycles. The van der Waals surface area contributed by atoms with E-state index in [1.165, 1.54) is 0 Å². The van der Waals surface area contributed by atoms with Crippen molar-refractivity contribution in [2.45, 2.75) is 6.92 Å². The fraction of sp³-hybridized carbons (Fsp3) is 0.0625. The van der Waals surface area contributed by atoms with Gasteiger partial charge in [0.15, 0.2) is 0 Å². The molecule has 0 amide bonds. The van der Waals surface area contributed by atoms with Crippen LogP contribution in [0.2, 0.25) is 5.02 Å². The Kier molecular flexibility index (Phi) is 2.99. The fourth-order valence-corrected chi connectivity index (χ4v) is 2.52. The van der Waals surface area contributed by atoms with E-state index in [2.05, 4.69) is 0 Å². The molecule has 0 spiro atoms. The van der Waals surface area contributed by atoms with Gasteiger partial charge in [-0.15, -0.1) is 0 Å². The second-order valence-electron chi connectivity index (χ2n) is 4.59. The lowest BCUT2D eigenvalue weighted by Gasteiger charge is -2.03. The maximum absolute atomic E-state index is 11.4. The standard InChI is InChI=1S/C16H11ClO3/c1-9-6-7-13-11(8-9)14(15(20-13)16(18)19)10-4-2-3-5-12(10)17/h2-8H,1H3,(H,18,19). The first-order valence-corrected chi connectivity index (χ1v) is 6.47. The van der Waals surface area contributed by atoms with Crippen LogP contribution in [0.1, 0.15) is 16.1 Å². The van der Waals surface area contributed by atoms with Crippen LogP contribution >= 0.6 is 11.6 Å². The molecule has 0 unspecified atom stereocenters. The number of carbonyl (C=O) groups is 1. The first kappa shape index (κ1) is 12.8. The third-order valence-corrected chi connectivity index (χ3v) is 3.51. The summed E-state index contributed by atoms with van der Waals surface area (Å²) in [4.78, 5) is 11.4. The Labute approximate surface area is 120 Å². The van der Waals surface area contributed by atoms with E-state index >= 15 is 0 Å². The number of fused-ring (bicyclic) bond motifs is 1. The van der Waals surface area contributed by atoms with Gasteiger partial charge in [-0.1, -0.05) is 41.4 Å². The molecule has 1 heterocycles. The van der Waals surface area contributed by atoms with Crippen molar-refractivity contribution in [1.29, 1.82) is 0 Å². The zero-order valence-corrected chi connectivity index (χ0v) is 11.4. The van der Waals surface area contributed by atoms with Crippen LogP contribution in [0.5, 0.6) is 0 Å². The molecule has 0 aliphatic heterocycles. The number of carboxylic acids is 1. The van der Waals surface area contributed by atoms with Crippen molar-refractivity contribution in [2.75, 3.05) is 0 Å². The Morgan fingerprint density at radius 3 is 2.65 bits per heavy atom. The summed E-state index contributed by atoms with van der Waals surface area (Å²) in [7, 11) is 0. The molecule has 0 bridgehead atoms. The molecular formula is C16H11ClO3.